The molecule has 1 saturated carbocycles. The lowest BCUT2D eigenvalue weighted by molar-refractivity contribution is 0.153. The number of rotatable bonds is 2. The summed E-state index contributed by atoms with van der Waals surface area (Å²) in [5, 5.41) is 17.3. The van der Waals surface area contributed by atoms with Crippen molar-refractivity contribution in [3.63, 3.8) is 0 Å². The summed E-state index contributed by atoms with van der Waals surface area (Å²) < 4.78 is 5.88. The molecule has 0 amide bonds. The van der Waals surface area contributed by atoms with Gasteiger partial charge in [0.15, 0.2) is 0 Å². The first-order chi connectivity index (χ1) is 9.13. The van der Waals surface area contributed by atoms with Crippen LogP contribution >= 0.6 is 0 Å². The third-order valence-corrected chi connectivity index (χ3v) is 3.80. The Bertz CT molecular complexity index is 495. The van der Waals surface area contributed by atoms with Gasteiger partial charge in [-0.15, -0.1) is 5.10 Å². The summed E-state index contributed by atoms with van der Waals surface area (Å²) in [6.07, 6.45) is 5.26. The third-order valence-electron chi connectivity index (χ3n) is 3.80. The molecule has 1 aliphatic rings. The van der Waals surface area contributed by atoms with E-state index in [0.717, 1.165) is 36.9 Å². The first kappa shape index (κ1) is 13.8. The number of aromatic nitrogens is 2. The Balaban J connectivity index is 2.23. The maximum absolute atomic E-state index is 9.25. The lowest BCUT2D eigenvalue weighted by Crippen LogP contribution is -2.38. The van der Waals surface area contributed by atoms with Crippen molar-refractivity contribution in [2.24, 2.45) is 5.73 Å². The molecule has 2 N–H and O–H groups in total. The molecule has 0 bridgehead atoms. The van der Waals surface area contributed by atoms with Crippen molar-refractivity contribution in [3.05, 3.63) is 16.8 Å². The van der Waals surface area contributed by atoms with Gasteiger partial charge in [0.25, 0.3) is 5.88 Å². The smallest absolute Gasteiger partial charge is 0.252 e. The molecule has 19 heavy (non-hydrogen) atoms. The Morgan fingerprint density at radius 1 is 1.21 bits per heavy atom. The molecule has 1 aliphatic carbocycles. The molecule has 1 fully saturated rings. The standard InChI is InChI=1S/C14H20N4O/c1-9-10(2)17-18-14(11(9)8-15)19-13-7-5-3-4-6-12(13)16/h12-13H,3-7,16H2,1-2H3. The van der Waals surface area contributed by atoms with Crippen LogP contribution in [0, 0.1) is 25.2 Å². The summed E-state index contributed by atoms with van der Waals surface area (Å²) in [5.74, 6) is 0.327. The number of hydrogen-bond donors (Lipinski definition) is 1. The Kier molecular flexibility index (Phi) is 4.33. The molecule has 5 heteroatoms. The Morgan fingerprint density at radius 2 is 1.95 bits per heavy atom. The van der Waals surface area contributed by atoms with Gasteiger partial charge in [-0.25, -0.2) is 0 Å². The van der Waals surface area contributed by atoms with Crippen LogP contribution in [0.1, 0.15) is 48.9 Å². The first-order valence-corrected chi connectivity index (χ1v) is 6.79. The number of aryl methyl sites for hydroxylation is 1. The second-order valence-electron chi connectivity index (χ2n) is 5.16. The van der Waals surface area contributed by atoms with E-state index in [0.29, 0.717) is 11.4 Å². The fourth-order valence-electron chi connectivity index (χ4n) is 2.39. The lowest BCUT2D eigenvalue weighted by atomic mass is 10.1. The maximum atomic E-state index is 9.25. The molecule has 0 aromatic carbocycles. The minimum absolute atomic E-state index is 0.0115. The largest absolute Gasteiger partial charge is 0.471 e. The van der Waals surface area contributed by atoms with Gasteiger partial charge in [0, 0.05) is 6.04 Å². The SMILES string of the molecule is Cc1nnc(OC2CCCCCC2N)c(C#N)c1C. The quantitative estimate of drug-likeness (QED) is 0.822. The fourth-order valence-corrected chi connectivity index (χ4v) is 2.39. The van der Waals surface area contributed by atoms with Crippen molar-refractivity contribution in [2.45, 2.75) is 58.1 Å². The average molecular weight is 260 g/mol. The first-order valence-electron chi connectivity index (χ1n) is 6.79. The highest BCUT2D eigenvalue weighted by molar-refractivity contribution is 5.45. The van der Waals surface area contributed by atoms with E-state index in [4.69, 9.17) is 10.5 Å². The van der Waals surface area contributed by atoms with Crippen LogP contribution in [0.3, 0.4) is 0 Å². The summed E-state index contributed by atoms with van der Waals surface area (Å²) in [7, 11) is 0. The van der Waals surface area contributed by atoms with Crippen LogP contribution in [-0.2, 0) is 0 Å². The van der Waals surface area contributed by atoms with Crippen LogP contribution in [0.25, 0.3) is 0 Å². The van der Waals surface area contributed by atoms with Crippen LogP contribution in [0.4, 0.5) is 0 Å². The van der Waals surface area contributed by atoms with Gasteiger partial charge in [0.2, 0.25) is 0 Å². The van der Waals surface area contributed by atoms with E-state index in [1.807, 2.05) is 13.8 Å². The zero-order valence-corrected chi connectivity index (χ0v) is 11.5. The molecule has 0 spiro atoms. The second-order valence-corrected chi connectivity index (χ2v) is 5.16. The van der Waals surface area contributed by atoms with Crippen LogP contribution in [0.15, 0.2) is 0 Å². The van der Waals surface area contributed by atoms with Crippen LogP contribution in [0.5, 0.6) is 5.88 Å². The van der Waals surface area contributed by atoms with E-state index in [-0.39, 0.29) is 12.1 Å². The van der Waals surface area contributed by atoms with Gasteiger partial charge in [-0.2, -0.15) is 10.4 Å². The van der Waals surface area contributed by atoms with Crippen LogP contribution in [0.2, 0.25) is 0 Å². The summed E-state index contributed by atoms with van der Waals surface area (Å²) >= 11 is 0. The monoisotopic (exact) mass is 260 g/mol. The zero-order chi connectivity index (χ0) is 13.8. The predicted molar refractivity (Wildman–Crippen MR) is 71.7 cm³/mol. The van der Waals surface area contributed by atoms with Crippen molar-refractivity contribution < 1.29 is 4.74 Å². The minimum Gasteiger partial charge on any atom is -0.471 e. The number of ether oxygens (including phenoxy) is 1. The zero-order valence-electron chi connectivity index (χ0n) is 11.5. The van der Waals surface area contributed by atoms with Gasteiger partial charge in [-0.1, -0.05) is 12.8 Å². The topological polar surface area (TPSA) is 84.8 Å². The molecule has 2 atom stereocenters. The molecular weight excluding hydrogens is 240 g/mol. The molecule has 1 aromatic rings. The van der Waals surface area contributed by atoms with Gasteiger partial charge in [0.05, 0.1) is 5.69 Å². The summed E-state index contributed by atoms with van der Waals surface area (Å²) in [4.78, 5) is 0. The maximum Gasteiger partial charge on any atom is 0.252 e. The van der Waals surface area contributed by atoms with Gasteiger partial charge in [-0.3, -0.25) is 0 Å². The van der Waals surface area contributed by atoms with Gasteiger partial charge < -0.3 is 10.5 Å². The van der Waals surface area contributed by atoms with Crippen LogP contribution in [-0.4, -0.2) is 22.3 Å². The molecule has 5 nitrogen and oxygen atoms in total. The summed E-state index contributed by atoms with van der Waals surface area (Å²) in [5.41, 5.74) is 8.19. The molecule has 2 rings (SSSR count). The van der Waals surface area contributed by atoms with Crippen molar-refractivity contribution in [3.8, 4) is 11.9 Å². The molecule has 0 aliphatic heterocycles. The third kappa shape index (κ3) is 3.02. The second kappa shape index (κ2) is 5.98. The van der Waals surface area contributed by atoms with Crippen molar-refractivity contribution >= 4 is 0 Å². The van der Waals surface area contributed by atoms with Crippen LogP contribution < -0.4 is 10.5 Å². The van der Waals surface area contributed by atoms with Gasteiger partial charge in [-0.05, 0) is 38.7 Å². The molecular formula is C14H20N4O. The highest BCUT2D eigenvalue weighted by atomic mass is 16.5. The highest BCUT2D eigenvalue weighted by Crippen LogP contribution is 2.25. The molecule has 0 radical (unpaired) electrons. The highest BCUT2D eigenvalue weighted by Gasteiger charge is 2.24. The number of nitriles is 1. The fraction of sp³-hybridized carbons (Fsp3) is 0.643. The number of nitrogens with zero attached hydrogens (tertiary/aromatic N) is 3. The minimum atomic E-state index is -0.0639. The van der Waals surface area contributed by atoms with E-state index in [9.17, 15) is 5.26 Å². The van der Waals surface area contributed by atoms with Crippen molar-refractivity contribution in [1.82, 2.24) is 10.2 Å². The molecule has 0 saturated heterocycles. The van der Waals surface area contributed by atoms with Gasteiger partial charge >= 0.3 is 0 Å². The van der Waals surface area contributed by atoms with Gasteiger partial charge in [0.1, 0.15) is 17.7 Å². The number of nitrogens with two attached hydrogens (primary N) is 1. The average Bonchev–Trinajstić information content (AvgIpc) is 2.60. The van der Waals surface area contributed by atoms with E-state index in [1.54, 1.807) is 0 Å². The summed E-state index contributed by atoms with van der Waals surface area (Å²) in [6.45, 7) is 3.70. The Labute approximate surface area is 113 Å². The van der Waals surface area contributed by atoms with E-state index < -0.39 is 0 Å². The van der Waals surface area contributed by atoms with E-state index in [1.165, 1.54) is 6.42 Å². The number of hydrogen-bond acceptors (Lipinski definition) is 5. The van der Waals surface area contributed by atoms with E-state index >= 15 is 0 Å². The Morgan fingerprint density at radius 3 is 2.68 bits per heavy atom. The molecule has 1 aromatic heterocycles. The van der Waals surface area contributed by atoms with Crippen molar-refractivity contribution in [2.75, 3.05) is 0 Å². The summed E-state index contributed by atoms with van der Waals surface area (Å²) in [6, 6.07) is 2.17. The lowest BCUT2D eigenvalue weighted by Gasteiger charge is -2.22. The predicted octanol–water partition coefficient (Wildman–Crippen LogP) is 2.00. The normalized spacial score (nSPS) is 23.5. The molecule has 1 heterocycles. The Hall–Kier alpha value is -1.67. The van der Waals surface area contributed by atoms with Crippen molar-refractivity contribution in [1.29, 1.82) is 5.26 Å². The molecule has 102 valence electrons. The molecule has 2 unspecified atom stereocenters. The van der Waals surface area contributed by atoms with E-state index in [2.05, 4.69) is 16.3 Å².